The van der Waals surface area contributed by atoms with Gasteiger partial charge in [0.25, 0.3) is 0 Å². The summed E-state index contributed by atoms with van der Waals surface area (Å²) in [6.45, 7) is 0.629. The first-order valence-corrected chi connectivity index (χ1v) is 14.5. The summed E-state index contributed by atoms with van der Waals surface area (Å²) >= 11 is 0. The van der Waals surface area contributed by atoms with Gasteiger partial charge in [-0.15, -0.1) is 10.2 Å². The molecule has 1 fully saturated rings. The Morgan fingerprint density at radius 1 is 0.977 bits per heavy atom. The molecule has 1 aliphatic heterocycles. The maximum Gasteiger partial charge on any atom is 0.243 e. The fraction of sp³-hybridized carbons (Fsp3) is 0.281. The maximum absolute atomic E-state index is 12.5. The number of rotatable bonds is 8. The lowest BCUT2D eigenvalue weighted by Crippen LogP contribution is -2.40. The van der Waals surface area contributed by atoms with Crippen LogP contribution in [0.25, 0.3) is 33.5 Å². The van der Waals surface area contributed by atoms with Crippen LogP contribution in [0.5, 0.6) is 0 Å². The minimum absolute atomic E-state index is 0.0586. The monoisotopic (exact) mass is 573 g/mol. The molecule has 5 aromatic rings. The third kappa shape index (κ3) is 5.29. The number of fused-ring (bicyclic) bond motifs is 1. The van der Waals surface area contributed by atoms with E-state index in [-0.39, 0.29) is 18.4 Å². The summed E-state index contributed by atoms with van der Waals surface area (Å²) in [5.74, 6) is 1.84. The summed E-state index contributed by atoms with van der Waals surface area (Å²) in [5, 5.41) is 20.5. The molecule has 2 aliphatic rings. The highest BCUT2D eigenvalue weighted by molar-refractivity contribution is 6.06. The normalized spacial score (nSPS) is 15.2. The lowest BCUT2D eigenvalue weighted by atomic mass is 9.98. The first-order chi connectivity index (χ1) is 20.9. The molecule has 3 heterocycles. The lowest BCUT2D eigenvalue weighted by Gasteiger charge is -2.24. The third-order valence-corrected chi connectivity index (χ3v) is 8.06. The number of imidazole rings is 1. The molecule has 11 nitrogen and oxygen atoms in total. The molecule has 1 saturated carbocycles. The fourth-order valence-corrected chi connectivity index (χ4v) is 5.52. The van der Waals surface area contributed by atoms with Gasteiger partial charge in [0.15, 0.2) is 0 Å². The second-order valence-corrected chi connectivity index (χ2v) is 11.3. The average Bonchev–Trinajstić information content (AvgIpc) is 3.60. The summed E-state index contributed by atoms with van der Waals surface area (Å²) < 4.78 is 2.32. The molecule has 0 atom stereocenters. The van der Waals surface area contributed by atoms with Crippen molar-refractivity contribution >= 4 is 28.6 Å². The number of hydrogen-bond donors (Lipinski definition) is 1. The van der Waals surface area contributed by atoms with Crippen molar-refractivity contribution in [3.8, 4) is 22.5 Å². The smallest absolute Gasteiger partial charge is 0.243 e. The number of aromatic amines is 1. The van der Waals surface area contributed by atoms with E-state index in [0.29, 0.717) is 31.1 Å². The molecule has 216 valence electrons. The summed E-state index contributed by atoms with van der Waals surface area (Å²) in [6, 6.07) is 22.8. The van der Waals surface area contributed by atoms with Crippen LogP contribution >= 0.6 is 0 Å². The topological polar surface area (TPSA) is 125 Å². The Kier molecular flexibility index (Phi) is 6.77. The second-order valence-electron chi connectivity index (χ2n) is 11.3. The zero-order valence-corrected chi connectivity index (χ0v) is 24.1. The summed E-state index contributed by atoms with van der Waals surface area (Å²) in [6.07, 6.45) is 3.15. The number of hydrogen-bond acceptors (Lipinski definition) is 7. The highest BCUT2D eigenvalue weighted by Gasteiger charge is 2.30. The van der Waals surface area contributed by atoms with Crippen molar-refractivity contribution in [1.29, 1.82) is 0 Å². The van der Waals surface area contributed by atoms with E-state index in [9.17, 15) is 9.59 Å². The number of likely N-dealkylation sites (N-methyl/N-ethyl adjacent to an activating group) is 1. The average molecular weight is 574 g/mol. The van der Waals surface area contributed by atoms with Gasteiger partial charge in [0.1, 0.15) is 12.4 Å². The van der Waals surface area contributed by atoms with Crippen LogP contribution in [0, 0.1) is 0 Å². The number of H-pyrrole nitrogens is 1. The number of aromatic nitrogens is 6. The van der Waals surface area contributed by atoms with Gasteiger partial charge in [-0.2, -0.15) is 10.3 Å². The van der Waals surface area contributed by atoms with Crippen LogP contribution in [0.4, 0.5) is 0 Å². The zero-order valence-electron chi connectivity index (χ0n) is 24.1. The summed E-state index contributed by atoms with van der Waals surface area (Å²) in [4.78, 5) is 31.3. The predicted octanol–water partition coefficient (Wildman–Crippen LogP) is 4.22. The van der Waals surface area contributed by atoms with Gasteiger partial charge < -0.3 is 9.47 Å². The number of tetrazole rings is 1. The second kappa shape index (κ2) is 10.9. The largest absolute Gasteiger partial charge is 0.347 e. The van der Waals surface area contributed by atoms with E-state index in [0.717, 1.165) is 57.7 Å². The highest BCUT2D eigenvalue weighted by Crippen LogP contribution is 2.41. The molecule has 3 aromatic carbocycles. The van der Waals surface area contributed by atoms with Crippen LogP contribution in [0.2, 0.25) is 0 Å². The standard InChI is InChI=1S/C32H31N9O2/c1-39(2)30(43)19-41-29(42)16-15-26(36-41)23-13-14-27-28(17-23)40(32(33-27)22-11-12-22)18-20-7-9-21(10-8-20)24-5-3-4-6-25(24)31-34-37-38-35-31/h3-10,13-14,17,22H,11-12,15-16,18-19H2,1-2H3,(H,34,35,37,38). The van der Waals surface area contributed by atoms with E-state index in [1.165, 1.54) is 15.5 Å². The molecule has 1 N–H and O–H groups in total. The van der Waals surface area contributed by atoms with Crippen molar-refractivity contribution in [2.24, 2.45) is 5.10 Å². The molecule has 43 heavy (non-hydrogen) atoms. The number of nitrogens with zero attached hydrogens (tertiary/aromatic N) is 8. The first kappa shape index (κ1) is 26.7. The van der Waals surface area contributed by atoms with Crippen molar-refractivity contribution in [2.45, 2.75) is 38.1 Å². The number of amides is 2. The quantitative estimate of drug-likeness (QED) is 0.296. The van der Waals surface area contributed by atoms with Crippen LogP contribution in [0.3, 0.4) is 0 Å². The van der Waals surface area contributed by atoms with Crippen LogP contribution in [-0.2, 0) is 16.1 Å². The minimum atomic E-state index is -0.162. The Balaban J connectivity index is 1.20. The van der Waals surface area contributed by atoms with Crippen molar-refractivity contribution < 1.29 is 9.59 Å². The zero-order chi connectivity index (χ0) is 29.5. The van der Waals surface area contributed by atoms with Crippen LogP contribution in [0.15, 0.2) is 71.8 Å². The van der Waals surface area contributed by atoms with E-state index in [4.69, 9.17) is 4.98 Å². The van der Waals surface area contributed by atoms with Crippen molar-refractivity contribution in [2.75, 3.05) is 20.6 Å². The van der Waals surface area contributed by atoms with E-state index in [1.54, 1.807) is 14.1 Å². The third-order valence-electron chi connectivity index (χ3n) is 8.06. The Hall–Kier alpha value is -5.19. The molecule has 7 rings (SSSR count). The Morgan fingerprint density at radius 2 is 1.74 bits per heavy atom. The summed E-state index contributed by atoms with van der Waals surface area (Å²) in [5.41, 5.74) is 7.94. The molecule has 11 heteroatoms. The van der Waals surface area contributed by atoms with Gasteiger partial charge in [-0.1, -0.05) is 54.6 Å². The molecule has 2 aromatic heterocycles. The summed E-state index contributed by atoms with van der Waals surface area (Å²) in [7, 11) is 3.35. The van der Waals surface area contributed by atoms with Gasteiger partial charge in [-0.05, 0) is 52.4 Å². The van der Waals surface area contributed by atoms with Gasteiger partial charge in [0, 0.05) is 45.0 Å². The van der Waals surface area contributed by atoms with Gasteiger partial charge >= 0.3 is 0 Å². The van der Waals surface area contributed by atoms with Crippen LogP contribution < -0.4 is 0 Å². The molecule has 0 radical (unpaired) electrons. The number of carbonyl (C=O) groups is 2. The molecule has 0 bridgehead atoms. The number of benzene rings is 3. The lowest BCUT2D eigenvalue weighted by molar-refractivity contribution is -0.139. The van der Waals surface area contributed by atoms with E-state index < -0.39 is 0 Å². The molecular formula is C32H31N9O2. The van der Waals surface area contributed by atoms with E-state index in [2.05, 4.69) is 66.7 Å². The van der Waals surface area contributed by atoms with Crippen molar-refractivity contribution in [3.63, 3.8) is 0 Å². The van der Waals surface area contributed by atoms with Gasteiger partial charge in [0.05, 0.1) is 16.7 Å². The maximum atomic E-state index is 12.5. The van der Waals surface area contributed by atoms with Crippen LogP contribution in [0.1, 0.15) is 48.6 Å². The number of hydrazone groups is 1. The molecule has 1 aliphatic carbocycles. The van der Waals surface area contributed by atoms with E-state index >= 15 is 0 Å². The Morgan fingerprint density at radius 3 is 2.47 bits per heavy atom. The minimum Gasteiger partial charge on any atom is -0.347 e. The molecular weight excluding hydrogens is 542 g/mol. The Bertz CT molecular complexity index is 1850. The van der Waals surface area contributed by atoms with Gasteiger partial charge in [0.2, 0.25) is 17.6 Å². The van der Waals surface area contributed by atoms with Crippen molar-refractivity contribution in [1.82, 2.24) is 40.1 Å². The number of carbonyl (C=O) groups excluding carboxylic acids is 2. The predicted molar refractivity (Wildman–Crippen MR) is 162 cm³/mol. The van der Waals surface area contributed by atoms with Gasteiger partial charge in [-0.25, -0.2) is 9.99 Å². The van der Waals surface area contributed by atoms with Gasteiger partial charge in [-0.3, -0.25) is 9.59 Å². The molecule has 0 unspecified atom stereocenters. The Labute approximate surface area is 248 Å². The fourth-order valence-electron chi connectivity index (χ4n) is 5.52. The van der Waals surface area contributed by atoms with Crippen LogP contribution in [-0.4, -0.2) is 78.3 Å². The molecule has 0 saturated heterocycles. The molecule has 0 spiro atoms. The number of nitrogens with one attached hydrogen (secondary N) is 1. The SMILES string of the molecule is CN(C)C(=O)CN1N=C(c2ccc3nc(C4CC4)n(Cc4ccc(-c5ccccc5-c5nn[nH]n5)cc4)c3c2)CCC1=O. The van der Waals surface area contributed by atoms with E-state index in [1.807, 2.05) is 30.3 Å². The van der Waals surface area contributed by atoms with Crippen molar-refractivity contribution in [3.05, 3.63) is 83.7 Å². The molecule has 2 amide bonds. The highest BCUT2D eigenvalue weighted by atomic mass is 16.2. The first-order valence-electron chi connectivity index (χ1n) is 14.5.